The van der Waals surface area contributed by atoms with Gasteiger partial charge in [0.15, 0.2) is 0 Å². The summed E-state index contributed by atoms with van der Waals surface area (Å²) in [6, 6.07) is 6.13. The number of ether oxygens (including phenoxy) is 1. The smallest absolute Gasteiger partial charge is 0.124 e. The van der Waals surface area contributed by atoms with Gasteiger partial charge in [-0.15, -0.1) is 11.3 Å². The van der Waals surface area contributed by atoms with Crippen LogP contribution in [0.2, 0.25) is 5.02 Å². The summed E-state index contributed by atoms with van der Waals surface area (Å²) >= 11 is 7.63. The maximum absolute atomic E-state index is 6.04. The minimum absolute atomic E-state index is 0.424. The van der Waals surface area contributed by atoms with Crippen LogP contribution in [0.3, 0.4) is 0 Å². The van der Waals surface area contributed by atoms with Gasteiger partial charge in [-0.25, -0.2) is 0 Å². The molecule has 0 saturated heterocycles. The molecule has 5 heteroatoms. The molecule has 0 spiro atoms. The Morgan fingerprint density at radius 2 is 2.26 bits per heavy atom. The Morgan fingerprint density at radius 3 is 2.95 bits per heavy atom. The van der Waals surface area contributed by atoms with Crippen molar-refractivity contribution in [2.45, 2.75) is 33.0 Å². The topological polar surface area (TPSA) is 34.1 Å². The molecule has 1 aromatic carbocycles. The average Bonchev–Trinajstić information content (AvgIpc) is 2.88. The molecular formula is C14H17ClN2OS. The van der Waals surface area contributed by atoms with Crippen molar-refractivity contribution in [3.63, 3.8) is 0 Å². The first-order valence-electron chi connectivity index (χ1n) is 6.17. The maximum Gasteiger partial charge on any atom is 0.124 e. The van der Waals surface area contributed by atoms with E-state index in [4.69, 9.17) is 16.3 Å². The van der Waals surface area contributed by atoms with Crippen molar-refractivity contribution in [3.8, 4) is 5.75 Å². The fraction of sp³-hybridized carbons (Fsp3) is 0.357. The Balaban J connectivity index is 2.05. The zero-order valence-electron chi connectivity index (χ0n) is 11.0. The van der Waals surface area contributed by atoms with Crippen LogP contribution in [0.25, 0.3) is 0 Å². The summed E-state index contributed by atoms with van der Waals surface area (Å²) in [6.07, 6.45) is 1.83. The average molecular weight is 297 g/mol. The molecule has 3 nitrogen and oxygen atoms in total. The van der Waals surface area contributed by atoms with Crippen LogP contribution < -0.4 is 10.1 Å². The predicted molar refractivity (Wildman–Crippen MR) is 79.9 cm³/mol. The minimum Gasteiger partial charge on any atom is -0.488 e. The molecule has 0 radical (unpaired) electrons. The minimum atomic E-state index is 0.424. The van der Waals surface area contributed by atoms with Crippen molar-refractivity contribution in [2.75, 3.05) is 0 Å². The summed E-state index contributed by atoms with van der Waals surface area (Å²) in [5.41, 5.74) is 2.88. The SMILES string of the molecule is CC(C)NCc1cc(Cl)ccc1OCc1cncs1. The van der Waals surface area contributed by atoms with Gasteiger partial charge in [0.1, 0.15) is 12.4 Å². The van der Waals surface area contributed by atoms with Crippen molar-refractivity contribution in [1.82, 2.24) is 10.3 Å². The predicted octanol–water partition coefficient (Wildman–Crippen LogP) is 3.87. The van der Waals surface area contributed by atoms with Crippen LogP contribution in [0, 0.1) is 0 Å². The van der Waals surface area contributed by atoms with E-state index in [1.54, 1.807) is 11.3 Å². The summed E-state index contributed by atoms with van der Waals surface area (Å²) in [5, 5.41) is 4.10. The van der Waals surface area contributed by atoms with Crippen molar-refractivity contribution in [3.05, 3.63) is 45.4 Å². The van der Waals surface area contributed by atoms with E-state index in [2.05, 4.69) is 24.1 Å². The molecule has 0 amide bonds. The Morgan fingerprint density at radius 1 is 1.42 bits per heavy atom. The molecule has 0 fully saturated rings. The van der Waals surface area contributed by atoms with E-state index < -0.39 is 0 Å². The third-order valence-corrected chi connectivity index (χ3v) is 3.56. The monoisotopic (exact) mass is 296 g/mol. The Hall–Kier alpha value is -1.10. The van der Waals surface area contributed by atoms with E-state index >= 15 is 0 Å². The molecule has 0 saturated carbocycles. The second kappa shape index (κ2) is 6.89. The molecule has 0 aliphatic carbocycles. The molecule has 0 aliphatic heterocycles. The van der Waals surface area contributed by atoms with Crippen LogP contribution in [0.5, 0.6) is 5.75 Å². The molecule has 0 atom stereocenters. The van der Waals surface area contributed by atoms with Gasteiger partial charge >= 0.3 is 0 Å². The van der Waals surface area contributed by atoms with Crippen LogP contribution in [0.15, 0.2) is 29.9 Å². The van der Waals surface area contributed by atoms with Crippen LogP contribution in [-0.2, 0) is 13.2 Å². The number of aromatic nitrogens is 1. The molecule has 1 heterocycles. The molecule has 2 rings (SSSR count). The van der Waals surface area contributed by atoms with E-state index in [0.29, 0.717) is 12.6 Å². The molecule has 0 aliphatic rings. The van der Waals surface area contributed by atoms with E-state index in [1.165, 1.54) is 0 Å². The van der Waals surface area contributed by atoms with E-state index in [1.807, 2.05) is 29.9 Å². The highest BCUT2D eigenvalue weighted by molar-refractivity contribution is 7.09. The third kappa shape index (κ3) is 4.49. The van der Waals surface area contributed by atoms with Gasteiger partial charge < -0.3 is 10.1 Å². The van der Waals surface area contributed by atoms with Gasteiger partial charge in [-0.2, -0.15) is 0 Å². The van der Waals surface area contributed by atoms with Gasteiger partial charge in [0.25, 0.3) is 0 Å². The molecule has 1 aromatic heterocycles. The summed E-state index contributed by atoms with van der Waals surface area (Å²) in [7, 11) is 0. The van der Waals surface area contributed by atoms with Crippen molar-refractivity contribution in [2.24, 2.45) is 0 Å². The second-order valence-corrected chi connectivity index (χ2v) is 5.95. The van der Waals surface area contributed by atoms with Gasteiger partial charge in [0, 0.05) is 29.4 Å². The Kier molecular flexibility index (Phi) is 5.19. The van der Waals surface area contributed by atoms with Gasteiger partial charge in [-0.3, -0.25) is 4.98 Å². The fourth-order valence-electron chi connectivity index (χ4n) is 1.60. The number of hydrogen-bond acceptors (Lipinski definition) is 4. The number of benzene rings is 1. The van der Waals surface area contributed by atoms with Crippen LogP contribution in [0.1, 0.15) is 24.3 Å². The largest absolute Gasteiger partial charge is 0.488 e. The van der Waals surface area contributed by atoms with Gasteiger partial charge in [0.05, 0.1) is 10.4 Å². The highest BCUT2D eigenvalue weighted by Crippen LogP contribution is 2.24. The number of nitrogens with one attached hydrogen (secondary N) is 1. The van der Waals surface area contributed by atoms with Gasteiger partial charge in [-0.1, -0.05) is 25.4 Å². The first kappa shape index (κ1) is 14.3. The van der Waals surface area contributed by atoms with Gasteiger partial charge in [-0.05, 0) is 18.2 Å². The highest BCUT2D eigenvalue weighted by atomic mass is 35.5. The molecular weight excluding hydrogens is 280 g/mol. The number of halogens is 1. The number of hydrogen-bond donors (Lipinski definition) is 1. The second-order valence-electron chi connectivity index (χ2n) is 4.54. The lowest BCUT2D eigenvalue weighted by molar-refractivity contribution is 0.305. The molecule has 0 bridgehead atoms. The summed E-state index contributed by atoms with van der Waals surface area (Å²) in [6.45, 7) is 5.52. The summed E-state index contributed by atoms with van der Waals surface area (Å²) < 4.78 is 5.84. The van der Waals surface area contributed by atoms with E-state index in [9.17, 15) is 0 Å². The van der Waals surface area contributed by atoms with Crippen molar-refractivity contribution >= 4 is 22.9 Å². The van der Waals surface area contributed by atoms with E-state index in [-0.39, 0.29) is 0 Å². The van der Waals surface area contributed by atoms with Crippen molar-refractivity contribution < 1.29 is 4.74 Å². The van der Waals surface area contributed by atoms with E-state index in [0.717, 1.165) is 27.8 Å². The first-order valence-corrected chi connectivity index (χ1v) is 7.43. The summed E-state index contributed by atoms with van der Waals surface area (Å²) in [5.74, 6) is 0.867. The number of thiazole rings is 1. The molecule has 102 valence electrons. The molecule has 2 aromatic rings. The van der Waals surface area contributed by atoms with Crippen LogP contribution in [0.4, 0.5) is 0 Å². The quantitative estimate of drug-likeness (QED) is 0.878. The highest BCUT2D eigenvalue weighted by Gasteiger charge is 2.06. The lowest BCUT2D eigenvalue weighted by atomic mass is 10.2. The Bertz CT molecular complexity index is 514. The Labute approximate surface area is 122 Å². The zero-order valence-corrected chi connectivity index (χ0v) is 12.6. The number of rotatable bonds is 6. The fourth-order valence-corrected chi connectivity index (χ4v) is 2.30. The normalized spacial score (nSPS) is 10.9. The zero-order chi connectivity index (χ0) is 13.7. The van der Waals surface area contributed by atoms with Gasteiger partial charge in [0.2, 0.25) is 0 Å². The van der Waals surface area contributed by atoms with Crippen molar-refractivity contribution in [1.29, 1.82) is 0 Å². The van der Waals surface area contributed by atoms with Crippen LogP contribution >= 0.6 is 22.9 Å². The number of nitrogens with zero attached hydrogens (tertiary/aromatic N) is 1. The molecule has 1 N–H and O–H groups in total. The molecule has 19 heavy (non-hydrogen) atoms. The van der Waals surface area contributed by atoms with Crippen LogP contribution in [-0.4, -0.2) is 11.0 Å². The first-order chi connectivity index (χ1) is 9.15. The lowest BCUT2D eigenvalue weighted by Gasteiger charge is -2.13. The third-order valence-electron chi connectivity index (χ3n) is 2.58. The lowest BCUT2D eigenvalue weighted by Crippen LogP contribution is -2.22. The summed E-state index contributed by atoms with van der Waals surface area (Å²) in [4.78, 5) is 5.14. The molecule has 0 unspecified atom stereocenters. The maximum atomic E-state index is 6.04. The standard InChI is InChI=1S/C14H17ClN2OS/c1-10(2)17-6-11-5-12(15)3-4-14(11)18-8-13-7-16-9-19-13/h3-5,7,9-10,17H,6,8H2,1-2H3.